The molecule has 112 valence electrons. The van der Waals surface area contributed by atoms with Gasteiger partial charge in [0.15, 0.2) is 0 Å². The molecule has 2 fully saturated rings. The first-order valence-electron chi connectivity index (χ1n) is 8.21. The Morgan fingerprint density at radius 2 is 2.26 bits per heavy atom. The van der Waals surface area contributed by atoms with Crippen molar-refractivity contribution in [3.8, 4) is 5.97 Å². The Hall–Kier alpha value is -2.02. The first-order chi connectivity index (χ1) is 11.0. The van der Waals surface area contributed by atoms with Crippen LogP contribution in [0.25, 0.3) is 10.8 Å². The van der Waals surface area contributed by atoms with Gasteiger partial charge in [-0.15, -0.1) is 0 Å². The monoisotopic (exact) mass is 301 g/mol. The van der Waals surface area contributed by atoms with Crippen molar-refractivity contribution >= 4 is 30.8 Å². The average molecular weight is 301 g/mol. The predicted molar refractivity (Wildman–Crippen MR) is 92.5 cm³/mol. The minimum Gasteiger partial charge on any atom is -0.267 e. The Morgan fingerprint density at radius 1 is 1.48 bits per heavy atom. The second-order valence-corrected chi connectivity index (χ2v) is 7.18. The van der Waals surface area contributed by atoms with E-state index in [0.717, 1.165) is 43.0 Å². The smallest absolute Gasteiger partial charge is 0.267 e. The lowest BCUT2D eigenvalue weighted by molar-refractivity contribution is 0.366. The topological polar surface area (TPSA) is 58.7 Å². The maximum atomic E-state index is 12.9. The lowest BCUT2D eigenvalue weighted by Gasteiger charge is -2.31. The molecule has 1 unspecified atom stereocenters. The molecule has 1 saturated heterocycles. The third-order valence-corrected chi connectivity index (χ3v) is 5.70. The molecule has 1 aliphatic carbocycles. The van der Waals surface area contributed by atoms with E-state index in [-0.39, 0.29) is 23.6 Å². The predicted octanol–water partition coefficient (Wildman–Crippen LogP) is 1.93. The Labute approximate surface area is 137 Å². The molecule has 6 heteroatoms. The molecule has 2 radical (unpaired) electrons. The second-order valence-electron chi connectivity index (χ2n) is 7.18. The standard InChI is InChI=1S/C17H17B2N3O/c1-11-6-13(18)7-12-9-21-22(16(23)15(11)12)14-2-5-19(10-20)17(8-14)3-4-17/h6-7,9,14H,2-5,8H2,1H3. The summed E-state index contributed by atoms with van der Waals surface area (Å²) < 4.78 is 1.65. The molecular formula is C17H17B2N3O. The van der Waals surface area contributed by atoms with Crippen molar-refractivity contribution in [1.82, 2.24) is 9.78 Å². The molecule has 1 saturated carbocycles. The molecule has 1 aliphatic heterocycles. The summed E-state index contributed by atoms with van der Waals surface area (Å²) in [5.74, 6) is 2.47. The lowest BCUT2D eigenvalue weighted by atomic mass is 9.34. The molecule has 4 rings (SSSR count). The van der Waals surface area contributed by atoms with Gasteiger partial charge in [0.1, 0.15) is 7.85 Å². The van der Waals surface area contributed by atoms with E-state index in [9.17, 15) is 10.1 Å². The van der Waals surface area contributed by atoms with Crippen LogP contribution >= 0.6 is 0 Å². The summed E-state index contributed by atoms with van der Waals surface area (Å²) in [5, 5.41) is 15.4. The normalized spacial score (nSPS) is 22.3. The number of nitriles is 1. The summed E-state index contributed by atoms with van der Waals surface area (Å²) in [6.45, 7) is 2.07. The molecule has 1 atom stereocenters. The van der Waals surface area contributed by atoms with Crippen molar-refractivity contribution in [2.75, 3.05) is 0 Å². The van der Waals surface area contributed by atoms with Crippen LogP contribution < -0.4 is 11.0 Å². The van der Waals surface area contributed by atoms with Crippen LogP contribution in [0.4, 0.5) is 0 Å². The van der Waals surface area contributed by atoms with E-state index in [2.05, 4.69) is 11.1 Å². The first kappa shape index (κ1) is 14.6. The van der Waals surface area contributed by atoms with E-state index in [1.54, 1.807) is 16.9 Å². The van der Waals surface area contributed by atoms with Gasteiger partial charge in [-0.25, -0.2) is 9.94 Å². The quantitative estimate of drug-likeness (QED) is 0.756. The van der Waals surface area contributed by atoms with E-state index >= 15 is 0 Å². The van der Waals surface area contributed by atoms with Crippen LogP contribution in [0.3, 0.4) is 0 Å². The zero-order valence-corrected chi connectivity index (χ0v) is 13.2. The van der Waals surface area contributed by atoms with E-state index in [1.165, 1.54) is 0 Å². The van der Waals surface area contributed by atoms with Gasteiger partial charge in [-0.1, -0.05) is 36.8 Å². The minimum atomic E-state index is -0.0313. The van der Waals surface area contributed by atoms with Crippen LogP contribution in [0.2, 0.25) is 11.6 Å². The van der Waals surface area contributed by atoms with E-state index in [4.69, 9.17) is 7.85 Å². The fourth-order valence-corrected chi connectivity index (χ4v) is 4.29. The maximum Gasteiger partial charge on any atom is 0.275 e. The molecule has 2 aliphatic rings. The molecule has 2 aromatic rings. The molecule has 0 amide bonds. The van der Waals surface area contributed by atoms with Crippen molar-refractivity contribution < 1.29 is 0 Å². The summed E-state index contributed by atoms with van der Waals surface area (Å²) in [4.78, 5) is 12.9. The molecule has 1 aromatic carbocycles. The Kier molecular flexibility index (Phi) is 3.16. The van der Waals surface area contributed by atoms with Crippen LogP contribution in [-0.2, 0) is 0 Å². The van der Waals surface area contributed by atoms with Gasteiger partial charge in [0.2, 0.25) is 0 Å². The number of fused-ring (bicyclic) bond motifs is 1. The highest BCUT2D eigenvalue weighted by atomic mass is 16.1. The molecular weight excluding hydrogens is 284 g/mol. The summed E-state index contributed by atoms with van der Waals surface area (Å²) in [6.07, 6.45) is 6.59. The van der Waals surface area contributed by atoms with Crippen molar-refractivity contribution in [1.29, 1.82) is 5.26 Å². The molecule has 1 spiro atoms. The number of aromatic nitrogens is 2. The maximum absolute atomic E-state index is 12.9. The molecule has 0 N–H and O–H groups in total. The van der Waals surface area contributed by atoms with Crippen LogP contribution in [0.15, 0.2) is 23.1 Å². The Bertz CT molecular complexity index is 895. The van der Waals surface area contributed by atoms with E-state index in [0.29, 0.717) is 10.8 Å². The number of hydrogen-bond acceptors (Lipinski definition) is 3. The molecule has 4 nitrogen and oxygen atoms in total. The molecule has 23 heavy (non-hydrogen) atoms. The zero-order chi connectivity index (χ0) is 16.2. The van der Waals surface area contributed by atoms with Gasteiger partial charge in [0.25, 0.3) is 12.3 Å². The van der Waals surface area contributed by atoms with Gasteiger partial charge in [0, 0.05) is 11.4 Å². The highest BCUT2D eigenvalue weighted by molar-refractivity contribution is 6.71. The third-order valence-electron chi connectivity index (χ3n) is 5.70. The third kappa shape index (κ3) is 2.22. The van der Waals surface area contributed by atoms with Crippen LogP contribution in [0, 0.1) is 18.2 Å². The van der Waals surface area contributed by atoms with E-state index < -0.39 is 0 Å². The summed E-state index contributed by atoms with van der Waals surface area (Å²) >= 11 is 0. The summed E-state index contributed by atoms with van der Waals surface area (Å²) in [7, 11) is 5.86. The van der Waals surface area contributed by atoms with E-state index in [1.807, 2.05) is 13.0 Å². The van der Waals surface area contributed by atoms with Crippen LogP contribution in [-0.4, -0.2) is 24.3 Å². The van der Waals surface area contributed by atoms with Gasteiger partial charge >= 0.3 is 0 Å². The van der Waals surface area contributed by atoms with Crippen molar-refractivity contribution in [3.63, 3.8) is 0 Å². The van der Waals surface area contributed by atoms with Gasteiger partial charge in [-0.05, 0) is 30.6 Å². The number of rotatable bonds is 1. The largest absolute Gasteiger partial charge is 0.275 e. The zero-order valence-electron chi connectivity index (χ0n) is 13.2. The van der Waals surface area contributed by atoms with Gasteiger partial charge in [-0.2, -0.15) is 5.10 Å². The van der Waals surface area contributed by atoms with Crippen molar-refractivity contribution in [2.45, 2.75) is 50.3 Å². The molecule has 1 aromatic heterocycles. The highest BCUT2D eigenvalue weighted by Gasteiger charge is 2.55. The number of aryl methyl sites for hydroxylation is 1. The number of hydrogen-bond donors (Lipinski definition) is 0. The van der Waals surface area contributed by atoms with Crippen molar-refractivity contribution in [3.05, 3.63) is 34.2 Å². The Balaban J connectivity index is 1.77. The fraction of sp³-hybridized carbons (Fsp3) is 0.471. The van der Waals surface area contributed by atoms with Crippen molar-refractivity contribution in [2.24, 2.45) is 0 Å². The van der Waals surface area contributed by atoms with Gasteiger partial charge in [-0.3, -0.25) is 4.79 Å². The highest BCUT2D eigenvalue weighted by Crippen LogP contribution is 2.64. The van der Waals surface area contributed by atoms with Gasteiger partial charge in [0.05, 0.1) is 17.6 Å². The number of benzene rings is 1. The number of nitrogens with zero attached hydrogens (tertiary/aromatic N) is 3. The molecule has 0 bridgehead atoms. The average Bonchev–Trinajstić information content (AvgIpc) is 3.26. The van der Waals surface area contributed by atoms with Gasteiger partial charge < -0.3 is 0 Å². The summed E-state index contributed by atoms with van der Waals surface area (Å²) in [6, 6.07) is 3.75. The van der Waals surface area contributed by atoms with Crippen LogP contribution in [0.1, 0.15) is 37.3 Å². The SMILES string of the molecule is [B]c1cc(C)c2c(=O)n(C3CCB(C#N)C4(CC4)C3)ncc2c1. The fourth-order valence-electron chi connectivity index (χ4n) is 4.29. The lowest BCUT2D eigenvalue weighted by Crippen LogP contribution is -2.35. The first-order valence-corrected chi connectivity index (χ1v) is 8.21. The molecule has 2 heterocycles. The Morgan fingerprint density at radius 3 is 2.96 bits per heavy atom. The van der Waals surface area contributed by atoms with Crippen LogP contribution in [0.5, 0.6) is 0 Å². The second kappa shape index (κ2) is 4.99. The minimum absolute atomic E-state index is 0.0313. The summed E-state index contributed by atoms with van der Waals surface area (Å²) in [5.41, 5.74) is 1.52.